The summed E-state index contributed by atoms with van der Waals surface area (Å²) < 4.78 is 0. The molecule has 0 fully saturated rings. The van der Waals surface area contributed by atoms with E-state index in [1.165, 1.54) is 11.1 Å². The van der Waals surface area contributed by atoms with Gasteiger partial charge in [-0.25, -0.2) is 0 Å². The first-order chi connectivity index (χ1) is 5.43. The van der Waals surface area contributed by atoms with Crippen molar-refractivity contribution in [2.45, 2.75) is 33.3 Å². The molecule has 1 rings (SSSR count). The SMILES string of the molecule is Cc1cccc(C(C)(C)O)c1C.O. The quantitative estimate of drug-likeness (QED) is 0.706. The molecule has 0 bridgehead atoms. The highest BCUT2D eigenvalue weighted by Crippen LogP contribution is 2.24. The summed E-state index contributed by atoms with van der Waals surface area (Å²) in [6.45, 7) is 7.73. The van der Waals surface area contributed by atoms with Crippen LogP contribution in [0.3, 0.4) is 0 Å². The molecule has 0 aliphatic carbocycles. The molecule has 0 aliphatic heterocycles. The zero-order valence-corrected chi connectivity index (χ0v) is 8.68. The molecule has 3 N–H and O–H groups in total. The predicted molar refractivity (Wildman–Crippen MR) is 54.8 cm³/mol. The number of aryl methyl sites for hydroxylation is 1. The van der Waals surface area contributed by atoms with Gasteiger partial charge in [-0.3, -0.25) is 0 Å². The summed E-state index contributed by atoms with van der Waals surface area (Å²) in [6.07, 6.45) is 0. The topological polar surface area (TPSA) is 51.7 Å². The van der Waals surface area contributed by atoms with Gasteiger partial charge in [0.05, 0.1) is 5.60 Å². The van der Waals surface area contributed by atoms with Gasteiger partial charge in [0, 0.05) is 0 Å². The molecule has 1 aromatic rings. The lowest BCUT2D eigenvalue weighted by Gasteiger charge is -2.21. The van der Waals surface area contributed by atoms with E-state index in [-0.39, 0.29) is 5.48 Å². The Kier molecular flexibility index (Phi) is 3.64. The fraction of sp³-hybridized carbons (Fsp3) is 0.455. The Hall–Kier alpha value is -0.860. The molecule has 74 valence electrons. The van der Waals surface area contributed by atoms with Crippen molar-refractivity contribution in [1.29, 1.82) is 0 Å². The zero-order chi connectivity index (χ0) is 9.35. The molecule has 0 radical (unpaired) electrons. The van der Waals surface area contributed by atoms with Crippen molar-refractivity contribution in [1.82, 2.24) is 0 Å². The minimum absolute atomic E-state index is 0. The number of hydrogen-bond acceptors (Lipinski definition) is 1. The van der Waals surface area contributed by atoms with Crippen LogP contribution in [0.15, 0.2) is 18.2 Å². The molecular formula is C11H18O2. The van der Waals surface area contributed by atoms with Gasteiger partial charge in [0.25, 0.3) is 0 Å². The van der Waals surface area contributed by atoms with Crippen LogP contribution in [0, 0.1) is 13.8 Å². The summed E-state index contributed by atoms with van der Waals surface area (Å²) in [7, 11) is 0. The molecule has 0 saturated heterocycles. The van der Waals surface area contributed by atoms with E-state index in [0.29, 0.717) is 0 Å². The van der Waals surface area contributed by atoms with E-state index in [0.717, 1.165) is 5.56 Å². The first-order valence-corrected chi connectivity index (χ1v) is 4.22. The second-order valence-corrected chi connectivity index (χ2v) is 3.81. The van der Waals surface area contributed by atoms with Crippen LogP contribution in [0.25, 0.3) is 0 Å². The third-order valence-corrected chi connectivity index (χ3v) is 2.26. The molecule has 0 unspecified atom stereocenters. The summed E-state index contributed by atoms with van der Waals surface area (Å²) in [5, 5.41) is 9.79. The van der Waals surface area contributed by atoms with E-state index in [1.54, 1.807) is 0 Å². The van der Waals surface area contributed by atoms with E-state index in [9.17, 15) is 5.11 Å². The molecule has 2 nitrogen and oxygen atoms in total. The largest absolute Gasteiger partial charge is 0.412 e. The average molecular weight is 182 g/mol. The summed E-state index contributed by atoms with van der Waals surface area (Å²) in [5.41, 5.74) is 2.71. The molecule has 1 aromatic carbocycles. The molecule has 0 amide bonds. The van der Waals surface area contributed by atoms with E-state index in [1.807, 2.05) is 32.9 Å². The fourth-order valence-electron chi connectivity index (χ4n) is 1.41. The third kappa shape index (κ3) is 2.54. The highest BCUT2D eigenvalue weighted by Gasteiger charge is 2.18. The predicted octanol–water partition coefficient (Wildman–Crippen LogP) is 1.71. The van der Waals surface area contributed by atoms with Gasteiger partial charge in [-0.05, 0) is 44.4 Å². The van der Waals surface area contributed by atoms with Crippen LogP contribution >= 0.6 is 0 Å². The van der Waals surface area contributed by atoms with Gasteiger partial charge in [-0.1, -0.05) is 18.2 Å². The van der Waals surface area contributed by atoms with Crippen LogP contribution in [-0.4, -0.2) is 10.6 Å². The van der Waals surface area contributed by atoms with E-state index < -0.39 is 5.60 Å². The highest BCUT2D eigenvalue weighted by atomic mass is 16.3. The molecule has 0 atom stereocenters. The van der Waals surface area contributed by atoms with Gasteiger partial charge in [-0.15, -0.1) is 0 Å². The normalized spacial score (nSPS) is 10.8. The van der Waals surface area contributed by atoms with Crippen LogP contribution in [0.2, 0.25) is 0 Å². The molecule has 0 aliphatic rings. The van der Waals surface area contributed by atoms with Crippen molar-refractivity contribution in [3.63, 3.8) is 0 Å². The van der Waals surface area contributed by atoms with Crippen LogP contribution in [-0.2, 0) is 5.60 Å². The molecule has 0 aromatic heterocycles. The molecule has 0 heterocycles. The Morgan fingerprint density at radius 3 is 2.08 bits per heavy atom. The van der Waals surface area contributed by atoms with Crippen molar-refractivity contribution >= 4 is 0 Å². The average Bonchev–Trinajstić information content (AvgIpc) is 1.92. The first kappa shape index (κ1) is 12.1. The minimum atomic E-state index is -0.726. The summed E-state index contributed by atoms with van der Waals surface area (Å²) in [4.78, 5) is 0. The smallest absolute Gasteiger partial charge is 0.0843 e. The molecule has 0 spiro atoms. The monoisotopic (exact) mass is 182 g/mol. The summed E-state index contributed by atoms with van der Waals surface area (Å²) >= 11 is 0. The van der Waals surface area contributed by atoms with Crippen molar-refractivity contribution in [3.8, 4) is 0 Å². The third-order valence-electron chi connectivity index (χ3n) is 2.26. The first-order valence-electron chi connectivity index (χ1n) is 4.22. The van der Waals surface area contributed by atoms with Crippen LogP contribution in [0.1, 0.15) is 30.5 Å². The Balaban J connectivity index is 0.00000144. The van der Waals surface area contributed by atoms with Crippen LogP contribution in [0.4, 0.5) is 0 Å². The van der Waals surface area contributed by atoms with Gasteiger partial charge >= 0.3 is 0 Å². The van der Waals surface area contributed by atoms with Crippen molar-refractivity contribution < 1.29 is 10.6 Å². The van der Waals surface area contributed by atoms with Gasteiger partial charge in [-0.2, -0.15) is 0 Å². The van der Waals surface area contributed by atoms with Gasteiger partial charge in [0.1, 0.15) is 0 Å². The Morgan fingerprint density at radius 2 is 1.69 bits per heavy atom. The van der Waals surface area contributed by atoms with Crippen molar-refractivity contribution in [2.75, 3.05) is 0 Å². The molecule has 2 heteroatoms. The lowest BCUT2D eigenvalue weighted by atomic mass is 9.91. The lowest BCUT2D eigenvalue weighted by molar-refractivity contribution is 0.0778. The Morgan fingerprint density at radius 1 is 1.15 bits per heavy atom. The minimum Gasteiger partial charge on any atom is -0.412 e. The van der Waals surface area contributed by atoms with E-state index in [2.05, 4.69) is 13.0 Å². The van der Waals surface area contributed by atoms with E-state index >= 15 is 0 Å². The maximum atomic E-state index is 9.79. The summed E-state index contributed by atoms with van der Waals surface area (Å²) in [5.74, 6) is 0. The fourth-order valence-corrected chi connectivity index (χ4v) is 1.41. The lowest BCUT2D eigenvalue weighted by Crippen LogP contribution is -2.17. The number of aliphatic hydroxyl groups is 1. The maximum Gasteiger partial charge on any atom is 0.0843 e. The number of rotatable bonds is 1. The highest BCUT2D eigenvalue weighted by molar-refractivity contribution is 5.36. The van der Waals surface area contributed by atoms with Crippen LogP contribution < -0.4 is 0 Å². The molecule has 13 heavy (non-hydrogen) atoms. The maximum absolute atomic E-state index is 9.79. The molecule has 0 saturated carbocycles. The Labute approximate surface area is 79.5 Å². The van der Waals surface area contributed by atoms with Crippen molar-refractivity contribution in [2.24, 2.45) is 0 Å². The van der Waals surface area contributed by atoms with E-state index in [4.69, 9.17) is 0 Å². The second-order valence-electron chi connectivity index (χ2n) is 3.81. The van der Waals surface area contributed by atoms with Crippen molar-refractivity contribution in [3.05, 3.63) is 34.9 Å². The Bertz CT molecular complexity index is 285. The number of benzene rings is 1. The molecular weight excluding hydrogens is 164 g/mol. The second kappa shape index (κ2) is 3.90. The number of hydrogen-bond donors (Lipinski definition) is 1. The zero-order valence-electron chi connectivity index (χ0n) is 8.68. The van der Waals surface area contributed by atoms with Gasteiger partial charge in [0.15, 0.2) is 0 Å². The summed E-state index contributed by atoms with van der Waals surface area (Å²) in [6, 6.07) is 6.02. The van der Waals surface area contributed by atoms with Crippen LogP contribution in [0.5, 0.6) is 0 Å². The standard InChI is InChI=1S/C11H16O.H2O/c1-8-6-5-7-10(9(8)2)11(3,4)12;/h5-7,12H,1-4H3;1H2. The van der Waals surface area contributed by atoms with Gasteiger partial charge in [0.2, 0.25) is 0 Å². The van der Waals surface area contributed by atoms with Gasteiger partial charge < -0.3 is 10.6 Å².